The molecule has 0 aliphatic rings. The second-order valence-corrected chi connectivity index (χ2v) is 2.99. The van der Waals surface area contributed by atoms with Crippen molar-refractivity contribution in [3.05, 3.63) is 0 Å². The molecule has 0 aromatic rings. The van der Waals surface area contributed by atoms with Crippen molar-refractivity contribution in [3.8, 4) is 0 Å². The van der Waals surface area contributed by atoms with Gasteiger partial charge in [-0.3, -0.25) is 9.69 Å². The number of unbranched alkanes of at least 4 members (excludes halogenated alkanes) is 1. The molecule has 2 N–H and O–H groups in total. The lowest BCUT2D eigenvalue weighted by Gasteiger charge is -2.17. The minimum Gasteiger partial charge on any atom is -0.351 e. The number of amides is 3. The van der Waals surface area contributed by atoms with Crippen LogP contribution >= 0.6 is 0 Å². The lowest BCUT2D eigenvalue weighted by Crippen LogP contribution is -2.41. The Bertz CT molecular complexity index is 180. The Morgan fingerprint density at radius 3 is 2.23 bits per heavy atom. The first-order valence-electron chi connectivity index (χ1n) is 4.73. The SMILES string of the molecule is CCCCN(C(N)=O)C(=O)CCC. The van der Waals surface area contributed by atoms with E-state index in [1.54, 1.807) is 0 Å². The van der Waals surface area contributed by atoms with Gasteiger partial charge in [-0.25, -0.2) is 4.79 Å². The second-order valence-electron chi connectivity index (χ2n) is 2.99. The number of imide groups is 1. The van der Waals surface area contributed by atoms with Gasteiger partial charge in [0.05, 0.1) is 0 Å². The number of hydrogen-bond donors (Lipinski definition) is 1. The Kier molecular flexibility index (Phi) is 5.93. The zero-order valence-corrected chi connectivity index (χ0v) is 8.38. The molecule has 4 nitrogen and oxygen atoms in total. The summed E-state index contributed by atoms with van der Waals surface area (Å²) < 4.78 is 0. The standard InChI is InChI=1S/C9H18N2O2/c1-3-5-7-11(9(10)13)8(12)6-4-2/h3-7H2,1-2H3,(H2,10,13). The van der Waals surface area contributed by atoms with E-state index in [2.05, 4.69) is 0 Å². The molecule has 0 atom stereocenters. The average molecular weight is 186 g/mol. The van der Waals surface area contributed by atoms with Crippen molar-refractivity contribution in [1.82, 2.24) is 4.90 Å². The number of nitrogens with two attached hydrogens (primary N) is 1. The fourth-order valence-corrected chi connectivity index (χ4v) is 1.02. The van der Waals surface area contributed by atoms with E-state index in [1.807, 2.05) is 13.8 Å². The lowest BCUT2D eigenvalue weighted by atomic mass is 10.2. The van der Waals surface area contributed by atoms with Crippen molar-refractivity contribution in [2.75, 3.05) is 6.54 Å². The van der Waals surface area contributed by atoms with E-state index in [9.17, 15) is 9.59 Å². The normalized spacial score (nSPS) is 9.69. The van der Waals surface area contributed by atoms with E-state index in [-0.39, 0.29) is 5.91 Å². The molecule has 0 aromatic carbocycles. The fraction of sp³-hybridized carbons (Fsp3) is 0.778. The number of carbonyl (C=O) groups excluding carboxylic acids is 2. The molecule has 0 spiro atoms. The highest BCUT2D eigenvalue weighted by Gasteiger charge is 2.16. The molecule has 0 rings (SSSR count). The maximum absolute atomic E-state index is 11.3. The van der Waals surface area contributed by atoms with Crippen LogP contribution < -0.4 is 5.73 Å². The van der Waals surface area contributed by atoms with Crippen molar-refractivity contribution < 1.29 is 9.59 Å². The molecule has 0 saturated carbocycles. The number of hydrogen-bond acceptors (Lipinski definition) is 2. The van der Waals surface area contributed by atoms with E-state index in [4.69, 9.17) is 5.73 Å². The molecular formula is C9H18N2O2. The van der Waals surface area contributed by atoms with Crippen LogP contribution in [0.1, 0.15) is 39.5 Å². The van der Waals surface area contributed by atoms with Gasteiger partial charge >= 0.3 is 6.03 Å². The first kappa shape index (κ1) is 11.9. The Morgan fingerprint density at radius 1 is 1.23 bits per heavy atom. The highest BCUT2D eigenvalue weighted by Crippen LogP contribution is 2.00. The summed E-state index contributed by atoms with van der Waals surface area (Å²) in [6.07, 6.45) is 2.91. The minimum absolute atomic E-state index is 0.163. The lowest BCUT2D eigenvalue weighted by molar-refractivity contribution is -0.128. The summed E-state index contributed by atoms with van der Waals surface area (Å²) >= 11 is 0. The molecule has 0 fully saturated rings. The van der Waals surface area contributed by atoms with Gasteiger partial charge < -0.3 is 5.73 Å². The summed E-state index contributed by atoms with van der Waals surface area (Å²) in [5, 5.41) is 0. The Hall–Kier alpha value is -1.06. The van der Waals surface area contributed by atoms with E-state index in [0.29, 0.717) is 13.0 Å². The van der Waals surface area contributed by atoms with Gasteiger partial charge in [-0.15, -0.1) is 0 Å². The van der Waals surface area contributed by atoms with Gasteiger partial charge in [0.25, 0.3) is 0 Å². The molecule has 0 heterocycles. The summed E-state index contributed by atoms with van der Waals surface area (Å²) in [6, 6.07) is -0.632. The van der Waals surface area contributed by atoms with Crippen LogP contribution in [0.4, 0.5) is 4.79 Å². The van der Waals surface area contributed by atoms with Gasteiger partial charge in [-0.2, -0.15) is 0 Å². The largest absolute Gasteiger partial charge is 0.351 e. The zero-order valence-electron chi connectivity index (χ0n) is 8.38. The quantitative estimate of drug-likeness (QED) is 0.707. The van der Waals surface area contributed by atoms with Crippen molar-refractivity contribution in [3.63, 3.8) is 0 Å². The molecule has 13 heavy (non-hydrogen) atoms. The van der Waals surface area contributed by atoms with Gasteiger partial charge in [-0.05, 0) is 12.8 Å². The number of urea groups is 1. The molecule has 76 valence electrons. The van der Waals surface area contributed by atoms with Crippen LogP contribution in [0.3, 0.4) is 0 Å². The molecule has 0 aromatic heterocycles. The third-order valence-electron chi connectivity index (χ3n) is 1.77. The molecule has 0 aliphatic carbocycles. The van der Waals surface area contributed by atoms with E-state index in [0.717, 1.165) is 24.2 Å². The monoisotopic (exact) mass is 186 g/mol. The van der Waals surface area contributed by atoms with Crippen LogP contribution in [0.15, 0.2) is 0 Å². The number of nitrogens with zero attached hydrogens (tertiary/aromatic N) is 1. The molecule has 0 unspecified atom stereocenters. The topological polar surface area (TPSA) is 63.4 Å². The molecule has 0 radical (unpaired) electrons. The maximum atomic E-state index is 11.3. The van der Waals surface area contributed by atoms with Gasteiger partial charge in [-0.1, -0.05) is 20.3 Å². The summed E-state index contributed by atoms with van der Waals surface area (Å²) in [6.45, 7) is 4.35. The van der Waals surface area contributed by atoms with Gasteiger partial charge in [0.2, 0.25) is 5.91 Å². The third-order valence-corrected chi connectivity index (χ3v) is 1.77. The zero-order chi connectivity index (χ0) is 10.3. The average Bonchev–Trinajstić information content (AvgIpc) is 2.05. The molecule has 0 bridgehead atoms. The maximum Gasteiger partial charge on any atom is 0.321 e. The van der Waals surface area contributed by atoms with Crippen LogP contribution in [0.2, 0.25) is 0 Å². The predicted octanol–water partition coefficient (Wildman–Crippen LogP) is 1.49. The molecule has 0 aliphatic heterocycles. The summed E-state index contributed by atoms with van der Waals surface area (Å²) in [5.41, 5.74) is 5.07. The van der Waals surface area contributed by atoms with Crippen LogP contribution in [-0.2, 0) is 4.79 Å². The Labute approximate surface area is 79.1 Å². The summed E-state index contributed by atoms with van der Waals surface area (Å²) in [5.74, 6) is -0.163. The molecule has 3 amide bonds. The first-order valence-corrected chi connectivity index (χ1v) is 4.73. The van der Waals surface area contributed by atoms with Crippen LogP contribution in [0, 0.1) is 0 Å². The van der Waals surface area contributed by atoms with E-state index >= 15 is 0 Å². The highest BCUT2D eigenvalue weighted by molar-refractivity contribution is 5.93. The first-order chi connectivity index (χ1) is 6.13. The van der Waals surface area contributed by atoms with Crippen molar-refractivity contribution >= 4 is 11.9 Å². The summed E-state index contributed by atoms with van der Waals surface area (Å²) in [4.78, 5) is 23.3. The van der Waals surface area contributed by atoms with Gasteiger partial charge in [0.1, 0.15) is 0 Å². The van der Waals surface area contributed by atoms with Gasteiger partial charge in [0, 0.05) is 13.0 Å². The van der Waals surface area contributed by atoms with Crippen molar-refractivity contribution in [1.29, 1.82) is 0 Å². The number of carbonyl (C=O) groups is 2. The van der Waals surface area contributed by atoms with E-state index in [1.165, 1.54) is 0 Å². The minimum atomic E-state index is -0.632. The molecular weight excluding hydrogens is 168 g/mol. The van der Waals surface area contributed by atoms with Crippen LogP contribution in [0.25, 0.3) is 0 Å². The van der Waals surface area contributed by atoms with Crippen molar-refractivity contribution in [2.24, 2.45) is 5.73 Å². The predicted molar refractivity (Wildman–Crippen MR) is 51.1 cm³/mol. The number of primary amides is 1. The van der Waals surface area contributed by atoms with Crippen molar-refractivity contribution in [2.45, 2.75) is 39.5 Å². The Morgan fingerprint density at radius 2 is 1.85 bits per heavy atom. The molecule has 0 saturated heterocycles. The number of rotatable bonds is 5. The van der Waals surface area contributed by atoms with Crippen LogP contribution in [-0.4, -0.2) is 23.4 Å². The highest BCUT2D eigenvalue weighted by atomic mass is 16.2. The third kappa shape index (κ3) is 4.50. The Balaban J connectivity index is 4.07. The second kappa shape index (κ2) is 6.46. The molecule has 4 heteroatoms. The van der Waals surface area contributed by atoms with Gasteiger partial charge in [0.15, 0.2) is 0 Å². The van der Waals surface area contributed by atoms with E-state index < -0.39 is 6.03 Å². The summed E-state index contributed by atoms with van der Waals surface area (Å²) in [7, 11) is 0. The van der Waals surface area contributed by atoms with Crippen LogP contribution in [0.5, 0.6) is 0 Å². The fourth-order valence-electron chi connectivity index (χ4n) is 1.02. The smallest absolute Gasteiger partial charge is 0.321 e.